The van der Waals surface area contributed by atoms with Gasteiger partial charge in [-0.2, -0.15) is 0 Å². The Morgan fingerprint density at radius 1 is 1.11 bits per heavy atom. The summed E-state index contributed by atoms with van der Waals surface area (Å²) in [7, 11) is 0. The second-order valence-corrected chi connectivity index (χ2v) is 4.82. The molecule has 1 amide bonds. The topological polar surface area (TPSA) is 89.8 Å². The molecule has 1 aliphatic heterocycles. The molecule has 0 spiro atoms. The second kappa shape index (κ2) is 4.79. The van der Waals surface area contributed by atoms with E-state index in [-0.39, 0.29) is 17.6 Å². The van der Waals surface area contributed by atoms with E-state index in [4.69, 9.17) is 0 Å². The van der Waals surface area contributed by atoms with E-state index in [1.807, 2.05) is 18.2 Å². The number of hydrogen-bond donors (Lipinski definition) is 4. The molecule has 6 heteroatoms. The van der Waals surface area contributed by atoms with Gasteiger partial charge < -0.3 is 20.6 Å². The van der Waals surface area contributed by atoms with Crippen LogP contribution in [0.4, 0.5) is 5.69 Å². The molecule has 2 aromatic rings. The number of aromatic nitrogens is 2. The predicted molar refractivity (Wildman–Crippen MR) is 73.2 cm³/mol. The molecule has 0 bridgehead atoms. The summed E-state index contributed by atoms with van der Waals surface area (Å²) in [5, 5.41) is 6.11. The van der Waals surface area contributed by atoms with Crippen LogP contribution in [-0.4, -0.2) is 28.5 Å². The van der Waals surface area contributed by atoms with Gasteiger partial charge in [0.25, 0.3) is 0 Å². The molecule has 6 nitrogen and oxygen atoms in total. The normalized spacial score (nSPS) is 20.0. The Morgan fingerprint density at radius 3 is 2.84 bits per heavy atom. The molecule has 100 valence electrons. The van der Waals surface area contributed by atoms with Crippen molar-refractivity contribution in [3.8, 4) is 0 Å². The lowest BCUT2D eigenvalue weighted by atomic mass is 10.1. The van der Waals surface area contributed by atoms with Crippen molar-refractivity contribution in [3.63, 3.8) is 0 Å². The fraction of sp³-hybridized carbons (Fsp3) is 0.385. The third-order valence-electron chi connectivity index (χ3n) is 3.39. The number of imidazole rings is 1. The largest absolute Gasteiger partial charge is 0.374 e. The summed E-state index contributed by atoms with van der Waals surface area (Å²) < 4.78 is 0. The Morgan fingerprint density at radius 2 is 1.95 bits per heavy atom. The van der Waals surface area contributed by atoms with Gasteiger partial charge in [0.05, 0.1) is 11.0 Å². The Bertz CT molecular complexity index is 658. The van der Waals surface area contributed by atoms with Gasteiger partial charge in [-0.3, -0.25) is 4.79 Å². The third-order valence-corrected chi connectivity index (χ3v) is 3.39. The van der Waals surface area contributed by atoms with Crippen molar-refractivity contribution in [2.24, 2.45) is 0 Å². The maximum absolute atomic E-state index is 11.8. The van der Waals surface area contributed by atoms with E-state index < -0.39 is 0 Å². The van der Waals surface area contributed by atoms with E-state index in [1.165, 1.54) is 0 Å². The maximum Gasteiger partial charge on any atom is 0.323 e. The molecule has 0 aliphatic carbocycles. The average molecular weight is 260 g/mol. The first-order chi connectivity index (χ1) is 9.22. The number of fused-ring (bicyclic) bond motifs is 1. The summed E-state index contributed by atoms with van der Waals surface area (Å²) in [6, 6.07) is 5.32. The van der Waals surface area contributed by atoms with Gasteiger partial charge in [0, 0.05) is 12.2 Å². The predicted octanol–water partition coefficient (Wildman–Crippen LogP) is 0.937. The average Bonchev–Trinajstić information content (AvgIpc) is 2.64. The fourth-order valence-corrected chi connectivity index (χ4v) is 2.40. The Labute approximate surface area is 109 Å². The zero-order valence-electron chi connectivity index (χ0n) is 10.5. The van der Waals surface area contributed by atoms with E-state index in [2.05, 4.69) is 20.6 Å². The maximum atomic E-state index is 11.8. The van der Waals surface area contributed by atoms with Gasteiger partial charge >= 0.3 is 5.69 Å². The molecule has 1 saturated heterocycles. The Balaban J connectivity index is 1.83. The molecule has 4 N–H and O–H groups in total. The number of amides is 1. The van der Waals surface area contributed by atoms with Crippen molar-refractivity contribution in [3.05, 3.63) is 28.7 Å². The Hall–Kier alpha value is -2.24. The lowest BCUT2D eigenvalue weighted by Crippen LogP contribution is -2.37. The van der Waals surface area contributed by atoms with E-state index in [1.54, 1.807) is 0 Å². The van der Waals surface area contributed by atoms with Crippen LogP contribution in [0.3, 0.4) is 0 Å². The van der Waals surface area contributed by atoms with Crippen molar-refractivity contribution in [1.82, 2.24) is 15.3 Å². The molecule has 1 aromatic carbocycles. The monoisotopic (exact) mass is 260 g/mol. The highest BCUT2D eigenvalue weighted by Crippen LogP contribution is 2.17. The lowest BCUT2D eigenvalue weighted by Gasteiger charge is -2.16. The van der Waals surface area contributed by atoms with Crippen LogP contribution in [0.2, 0.25) is 0 Å². The van der Waals surface area contributed by atoms with Crippen molar-refractivity contribution in [2.45, 2.75) is 25.3 Å². The van der Waals surface area contributed by atoms with Crippen LogP contribution in [0.25, 0.3) is 11.0 Å². The zero-order chi connectivity index (χ0) is 13.2. The molecule has 0 radical (unpaired) electrons. The van der Waals surface area contributed by atoms with E-state index >= 15 is 0 Å². The van der Waals surface area contributed by atoms with Gasteiger partial charge in [-0.05, 0) is 37.5 Å². The first-order valence-corrected chi connectivity index (χ1v) is 6.49. The highest BCUT2D eigenvalue weighted by atomic mass is 16.2. The number of carbonyl (C=O) groups is 1. The number of anilines is 1. The molecule has 19 heavy (non-hydrogen) atoms. The second-order valence-electron chi connectivity index (χ2n) is 4.82. The van der Waals surface area contributed by atoms with Crippen LogP contribution >= 0.6 is 0 Å². The van der Waals surface area contributed by atoms with Gasteiger partial charge in [-0.15, -0.1) is 0 Å². The first-order valence-electron chi connectivity index (χ1n) is 6.49. The van der Waals surface area contributed by atoms with Crippen LogP contribution in [0.5, 0.6) is 0 Å². The highest BCUT2D eigenvalue weighted by molar-refractivity contribution is 5.86. The summed E-state index contributed by atoms with van der Waals surface area (Å²) in [5.74, 6) is 0.0418. The molecular weight excluding hydrogens is 244 g/mol. The van der Waals surface area contributed by atoms with Crippen molar-refractivity contribution in [2.75, 3.05) is 11.9 Å². The third kappa shape index (κ3) is 2.47. The van der Waals surface area contributed by atoms with Crippen LogP contribution in [0, 0.1) is 0 Å². The number of aromatic amines is 2. The fourth-order valence-electron chi connectivity index (χ4n) is 2.40. The number of benzene rings is 1. The molecule has 1 aromatic heterocycles. The van der Waals surface area contributed by atoms with Crippen LogP contribution < -0.4 is 16.3 Å². The SMILES string of the molecule is O=C1NCCCC[C@H]1Nc1ccc2[nH]c(=O)[nH]c2c1. The number of nitrogens with one attached hydrogen (secondary N) is 4. The van der Waals surface area contributed by atoms with Gasteiger partial charge in [0.15, 0.2) is 0 Å². The van der Waals surface area contributed by atoms with Crippen molar-refractivity contribution < 1.29 is 4.79 Å². The van der Waals surface area contributed by atoms with E-state index in [9.17, 15) is 9.59 Å². The zero-order valence-corrected chi connectivity index (χ0v) is 10.5. The minimum absolute atomic E-state index is 0.0418. The summed E-state index contributed by atoms with van der Waals surface area (Å²) in [5.41, 5.74) is 2.12. The van der Waals surface area contributed by atoms with E-state index in [0.717, 1.165) is 42.5 Å². The van der Waals surface area contributed by atoms with Crippen molar-refractivity contribution >= 4 is 22.6 Å². The van der Waals surface area contributed by atoms with Gasteiger partial charge in [-0.25, -0.2) is 4.79 Å². The molecular formula is C13H16N4O2. The molecule has 1 fully saturated rings. The van der Waals surface area contributed by atoms with Gasteiger partial charge in [0.1, 0.15) is 6.04 Å². The molecule has 0 unspecified atom stereocenters. The van der Waals surface area contributed by atoms with Crippen LogP contribution in [-0.2, 0) is 4.79 Å². The van der Waals surface area contributed by atoms with Crippen LogP contribution in [0.1, 0.15) is 19.3 Å². The summed E-state index contributed by atoms with van der Waals surface area (Å²) in [6.07, 6.45) is 2.88. The summed E-state index contributed by atoms with van der Waals surface area (Å²) >= 11 is 0. The molecule has 1 atom stereocenters. The quantitative estimate of drug-likeness (QED) is 0.647. The van der Waals surface area contributed by atoms with Gasteiger partial charge in [-0.1, -0.05) is 0 Å². The highest BCUT2D eigenvalue weighted by Gasteiger charge is 2.20. The summed E-state index contributed by atoms with van der Waals surface area (Å²) in [6.45, 7) is 0.751. The molecule has 1 aliphatic rings. The van der Waals surface area contributed by atoms with Crippen molar-refractivity contribution in [1.29, 1.82) is 0 Å². The van der Waals surface area contributed by atoms with E-state index in [0.29, 0.717) is 0 Å². The number of carbonyl (C=O) groups excluding carboxylic acids is 1. The minimum Gasteiger partial charge on any atom is -0.374 e. The molecule has 2 heterocycles. The number of H-pyrrole nitrogens is 2. The van der Waals surface area contributed by atoms with Crippen LogP contribution in [0.15, 0.2) is 23.0 Å². The first kappa shape index (κ1) is 11.8. The Kier molecular flexibility index (Phi) is 2.98. The molecule has 3 rings (SSSR count). The lowest BCUT2D eigenvalue weighted by molar-refractivity contribution is -0.121. The number of rotatable bonds is 2. The molecule has 0 saturated carbocycles. The van der Waals surface area contributed by atoms with Gasteiger partial charge in [0.2, 0.25) is 5.91 Å². The minimum atomic E-state index is -0.223. The standard InChI is InChI=1S/C13H16N4O2/c18-12-10(3-1-2-6-14-12)15-8-4-5-9-11(7-8)17-13(19)16-9/h4-5,7,10,15H,1-3,6H2,(H,14,18)(H2,16,17,19)/t10-/m1/s1. The number of hydrogen-bond acceptors (Lipinski definition) is 3. The summed E-state index contributed by atoms with van der Waals surface area (Å²) in [4.78, 5) is 28.4. The smallest absolute Gasteiger partial charge is 0.323 e.